The van der Waals surface area contributed by atoms with Gasteiger partial charge in [-0.3, -0.25) is 9.52 Å². The van der Waals surface area contributed by atoms with Gasteiger partial charge < -0.3 is 5.11 Å². The second-order valence-electron chi connectivity index (χ2n) is 4.50. The van der Waals surface area contributed by atoms with Crippen molar-refractivity contribution in [1.82, 2.24) is 0 Å². The molecule has 0 amide bonds. The molecular weight excluding hydrogens is 302 g/mol. The van der Waals surface area contributed by atoms with Crippen molar-refractivity contribution in [3.63, 3.8) is 0 Å². The van der Waals surface area contributed by atoms with Crippen LogP contribution in [0.25, 0.3) is 6.08 Å². The quantitative estimate of drug-likeness (QED) is 0.799. The predicted molar refractivity (Wildman–Crippen MR) is 84.8 cm³/mol. The molecule has 5 nitrogen and oxygen atoms in total. The van der Waals surface area contributed by atoms with Crippen LogP contribution in [-0.4, -0.2) is 25.9 Å². The van der Waals surface area contributed by atoms with Crippen molar-refractivity contribution in [2.24, 2.45) is 0 Å². The highest BCUT2D eigenvalue weighted by molar-refractivity contribution is 7.92. The average molecular weight is 317 g/mol. The summed E-state index contributed by atoms with van der Waals surface area (Å²) in [6.45, 7) is -0.559. The highest BCUT2D eigenvalue weighted by Gasteiger charge is 2.13. The third-order valence-corrected chi connectivity index (χ3v) is 4.21. The molecule has 0 aliphatic rings. The third kappa shape index (κ3) is 4.28. The maximum absolute atomic E-state index is 12.2. The van der Waals surface area contributed by atoms with E-state index in [1.165, 1.54) is 24.3 Å². The maximum Gasteiger partial charge on any atom is 0.261 e. The number of ketones is 1. The van der Waals surface area contributed by atoms with Crippen LogP contribution < -0.4 is 4.72 Å². The molecule has 0 saturated carbocycles. The van der Waals surface area contributed by atoms with Gasteiger partial charge in [0.2, 0.25) is 0 Å². The SMILES string of the molecule is O=C(/C=C/c1cccc(NS(=O)(=O)c2ccccc2)c1)CO. The van der Waals surface area contributed by atoms with Crippen LogP contribution >= 0.6 is 0 Å². The topological polar surface area (TPSA) is 83.5 Å². The van der Waals surface area contributed by atoms with Crippen molar-refractivity contribution in [2.75, 3.05) is 11.3 Å². The summed E-state index contributed by atoms with van der Waals surface area (Å²) in [5, 5.41) is 8.65. The molecule has 0 aromatic heterocycles. The van der Waals surface area contributed by atoms with E-state index in [-0.39, 0.29) is 4.90 Å². The zero-order valence-electron chi connectivity index (χ0n) is 11.6. The second kappa shape index (κ2) is 7.02. The Bertz CT molecular complexity index is 783. The Morgan fingerprint density at radius 3 is 2.50 bits per heavy atom. The Balaban J connectivity index is 2.20. The van der Waals surface area contributed by atoms with E-state index in [1.54, 1.807) is 42.5 Å². The number of sulfonamides is 1. The lowest BCUT2D eigenvalue weighted by atomic mass is 10.2. The molecule has 2 rings (SSSR count). The minimum Gasteiger partial charge on any atom is -0.388 e. The van der Waals surface area contributed by atoms with E-state index >= 15 is 0 Å². The number of nitrogens with one attached hydrogen (secondary N) is 1. The smallest absolute Gasteiger partial charge is 0.261 e. The molecule has 0 heterocycles. The van der Waals surface area contributed by atoms with Gasteiger partial charge in [-0.2, -0.15) is 0 Å². The van der Waals surface area contributed by atoms with Crippen molar-refractivity contribution in [2.45, 2.75) is 4.90 Å². The third-order valence-electron chi connectivity index (χ3n) is 2.81. The molecule has 0 fully saturated rings. The summed E-state index contributed by atoms with van der Waals surface area (Å²) in [5.74, 6) is -0.421. The molecule has 2 N–H and O–H groups in total. The first-order valence-electron chi connectivity index (χ1n) is 6.51. The van der Waals surface area contributed by atoms with Crippen LogP contribution in [0, 0.1) is 0 Å². The van der Waals surface area contributed by atoms with Gasteiger partial charge in [0.25, 0.3) is 10.0 Å². The second-order valence-corrected chi connectivity index (χ2v) is 6.18. The van der Waals surface area contributed by atoms with Gasteiger partial charge in [0.15, 0.2) is 5.78 Å². The van der Waals surface area contributed by atoms with E-state index in [1.807, 2.05) is 0 Å². The molecule has 22 heavy (non-hydrogen) atoms. The van der Waals surface area contributed by atoms with Crippen LogP contribution in [0.4, 0.5) is 5.69 Å². The first-order valence-corrected chi connectivity index (χ1v) is 7.99. The van der Waals surface area contributed by atoms with Crippen LogP contribution in [-0.2, 0) is 14.8 Å². The van der Waals surface area contributed by atoms with Crippen molar-refractivity contribution in [1.29, 1.82) is 0 Å². The van der Waals surface area contributed by atoms with Gasteiger partial charge in [-0.05, 0) is 35.9 Å². The van der Waals surface area contributed by atoms with Gasteiger partial charge in [0.05, 0.1) is 4.90 Å². The summed E-state index contributed by atoms with van der Waals surface area (Å²) in [6.07, 6.45) is 2.75. The minimum absolute atomic E-state index is 0.173. The van der Waals surface area contributed by atoms with Gasteiger partial charge in [-0.15, -0.1) is 0 Å². The van der Waals surface area contributed by atoms with Crippen molar-refractivity contribution in [3.8, 4) is 0 Å². The molecule has 0 saturated heterocycles. The van der Waals surface area contributed by atoms with Crippen LogP contribution in [0.3, 0.4) is 0 Å². The van der Waals surface area contributed by atoms with Gasteiger partial charge in [-0.25, -0.2) is 8.42 Å². The zero-order chi connectivity index (χ0) is 16.0. The van der Waals surface area contributed by atoms with Gasteiger partial charge in [-0.1, -0.05) is 36.4 Å². The molecule has 0 unspecified atom stereocenters. The summed E-state index contributed by atoms with van der Waals surface area (Å²) >= 11 is 0. The monoisotopic (exact) mass is 317 g/mol. The number of carbonyl (C=O) groups excluding carboxylic acids is 1. The lowest BCUT2D eigenvalue weighted by Crippen LogP contribution is -2.12. The van der Waals surface area contributed by atoms with Gasteiger partial charge in [0, 0.05) is 5.69 Å². The minimum atomic E-state index is -3.65. The molecule has 0 atom stereocenters. The molecule has 0 aliphatic carbocycles. The Labute approximate surface area is 129 Å². The van der Waals surface area contributed by atoms with E-state index in [9.17, 15) is 13.2 Å². The Hall–Kier alpha value is -2.44. The molecule has 2 aromatic rings. The van der Waals surface area contributed by atoms with Crippen LogP contribution in [0.15, 0.2) is 65.6 Å². The zero-order valence-corrected chi connectivity index (χ0v) is 12.5. The normalized spacial score (nSPS) is 11.5. The standard InChI is InChI=1S/C16H15NO4S/c18-12-15(19)10-9-13-5-4-6-14(11-13)17-22(20,21)16-7-2-1-3-8-16/h1-11,17-18H,12H2/b10-9+. The largest absolute Gasteiger partial charge is 0.388 e. The fraction of sp³-hybridized carbons (Fsp3) is 0.0625. The molecule has 0 spiro atoms. The van der Waals surface area contributed by atoms with E-state index in [0.717, 1.165) is 0 Å². The summed E-state index contributed by atoms with van der Waals surface area (Å²) in [7, 11) is -3.65. The fourth-order valence-electron chi connectivity index (χ4n) is 1.76. The molecule has 0 radical (unpaired) electrons. The number of anilines is 1. The molecular formula is C16H15NO4S. The maximum atomic E-state index is 12.2. The summed E-state index contributed by atoms with van der Waals surface area (Å²) in [5.41, 5.74) is 1.04. The van der Waals surface area contributed by atoms with Crippen LogP contribution in [0.5, 0.6) is 0 Å². The molecule has 0 bridgehead atoms. The molecule has 0 aliphatic heterocycles. The highest BCUT2D eigenvalue weighted by Crippen LogP contribution is 2.17. The highest BCUT2D eigenvalue weighted by atomic mass is 32.2. The number of aliphatic hydroxyl groups excluding tert-OH is 1. The lowest BCUT2D eigenvalue weighted by molar-refractivity contribution is -0.117. The Morgan fingerprint density at radius 1 is 1.09 bits per heavy atom. The van der Waals surface area contributed by atoms with Gasteiger partial charge in [0.1, 0.15) is 6.61 Å². The number of hydrogen-bond donors (Lipinski definition) is 2. The number of benzene rings is 2. The van der Waals surface area contributed by atoms with E-state index in [2.05, 4.69) is 4.72 Å². The average Bonchev–Trinajstić information content (AvgIpc) is 2.53. The molecule has 6 heteroatoms. The summed E-state index contributed by atoms with van der Waals surface area (Å²) in [4.78, 5) is 11.2. The molecule has 114 valence electrons. The predicted octanol–water partition coefficient (Wildman–Crippen LogP) is 2.06. The first-order chi connectivity index (χ1) is 10.5. The number of carbonyl (C=O) groups is 1. The van der Waals surface area contributed by atoms with E-state index in [0.29, 0.717) is 11.3 Å². The van der Waals surface area contributed by atoms with E-state index < -0.39 is 22.4 Å². The number of hydrogen-bond acceptors (Lipinski definition) is 4. The fourth-order valence-corrected chi connectivity index (χ4v) is 2.83. The first kappa shape index (κ1) is 15.9. The van der Waals surface area contributed by atoms with E-state index in [4.69, 9.17) is 5.11 Å². The van der Waals surface area contributed by atoms with Crippen molar-refractivity contribution in [3.05, 3.63) is 66.2 Å². The lowest BCUT2D eigenvalue weighted by Gasteiger charge is -2.08. The Morgan fingerprint density at radius 2 is 1.82 bits per heavy atom. The Kier molecular flexibility index (Phi) is 5.08. The van der Waals surface area contributed by atoms with Gasteiger partial charge >= 0.3 is 0 Å². The van der Waals surface area contributed by atoms with Crippen molar-refractivity contribution >= 4 is 27.6 Å². The molecule has 2 aromatic carbocycles. The number of rotatable bonds is 6. The number of aliphatic hydroxyl groups is 1. The van der Waals surface area contributed by atoms with Crippen LogP contribution in [0.2, 0.25) is 0 Å². The summed E-state index contributed by atoms with van der Waals surface area (Å²) < 4.78 is 26.9. The van der Waals surface area contributed by atoms with Crippen LogP contribution in [0.1, 0.15) is 5.56 Å². The summed E-state index contributed by atoms with van der Waals surface area (Å²) in [6, 6.07) is 14.7. The van der Waals surface area contributed by atoms with Crippen molar-refractivity contribution < 1.29 is 18.3 Å².